The van der Waals surface area contributed by atoms with Gasteiger partial charge < -0.3 is 15.1 Å². The highest BCUT2D eigenvalue weighted by atomic mass is 16.2. The first-order valence-electron chi connectivity index (χ1n) is 11.3. The van der Waals surface area contributed by atoms with Crippen molar-refractivity contribution in [3.8, 4) is 0 Å². The standard InChI is InChI=1S/C25H32N4O2/c1-2-20-8-10-23(11-9-20)29-19-21(18-24(29)30)25(31)26-12-13-27-14-16-28(17-15-27)22-6-4-3-5-7-22/h3-11,21H,2,12-19H2,1H3,(H,26,31). The van der Waals surface area contributed by atoms with E-state index in [4.69, 9.17) is 0 Å². The highest BCUT2D eigenvalue weighted by molar-refractivity contribution is 6.00. The number of benzene rings is 2. The zero-order chi connectivity index (χ0) is 21.6. The lowest BCUT2D eigenvalue weighted by molar-refractivity contribution is -0.126. The third-order valence-electron chi connectivity index (χ3n) is 6.37. The van der Waals surface area contributed by atoms with Crippen LogP contribution >= 0.6 is 0 Å². The number of anilines is 2. The van der Waals surface area contributed by atoms with Gasteiger partial charge in [0, 0.05) is 63.6 Å². The molecule has 2 aromatic rings. The maximum Gasteiger partial charge on any atom is 0.227 e. The van der Waals surface area contributed by atoms with E-state index in [-0.39, 0.29) is 24.2 Å². The summed E-state index contributed by atoms with van der Waals surface area (Å²) in [6, 6.07) is 18.6. The Labute approximate surface area is 184 Å². The van der Waals surface area contributed by atoms with E-state index in [0.717, 1.165) is 44.8 Å². The van der Waals surface area contributed by atoms with Crippen LogP contribution in [0.4, 0.5) is 11.4 Å². The largest absolute Gasteiger partial charge is 0.369 e. The van der Waals surface area contributed by atoms with Crippen molar-refractivity contribution in [3.05, 3.63) is 60.2 Å². The fourth-order valence-electron chi connectivity index (χ4n) is 4.39. The Morgan fingerprint density at radius 3 is 2.35 bits per heavy atom. The van der Waals surface area contributed by atoms with Crippen LogP contribution in [-0.2, 0) is 16.0 Å². The first-order valence-corrected chi connectivity index (χ1v) is 11.3. The second kappa shape index (κ2) is 9.96. The van der Waals surface area contributed by atoms with Gasteiger partial charge in [0.1, 0.15) is 0 Å². The van der Waals surface area contributed by atoms with Gasteiger partial charge in [-0.3, -0.25) is 14.5 Å². The van der Waals surface area contributed by atoms with E-state index in [1.165, 1.54) is 11.3 Å². The third-order valence-corrected chi connectivity index (χ3v) is 6.37. The quantitative estimate of drug-likeness (QED) is 0.748. The molecule has 2 saturated heterocycles. The topological polar surface area (TPSA) is 55.9 Å². The Morgan fingerprint density at radius 2 is 1.68 bits per heavy atom. The molecule has 2 aromatic carbocycles. The molecule has 6 nitrogen and oxygen atoms in total. The van der Waals surface area contributed by atoms with Gasteiger partial charge in [0.25, 0.3) is 0 Å². The van der Waals surface area contributed by atoms with E-state index in [2.05, 4.69) is 46.3 Å². The average Bonchev–Trinajstić information content (AvgIpc) is 3.22. The van der Waals surface area contributed by atoms with E-state index in [1.54, 1.807) is 4.90 Å². The van der Waals surface area contributed by atoms with Crippen molar-refractivity contribution >= 4 is 23.2 Å². The Hall–Kier alpha value is -2.86. The van der Waals surface area contributed by atoms with E-state index < -0.39 is 0 Å². The number of hydrogen-bond acceptors (Lipinski definition) is 4. The summed E-state index contributed by atoms with van der Waals surface area (Å²) in [6.07, 6.45) is 1.26. The molecule has 0 spiro atoms. The average molecular weight is 421 g/mol. The van der Waals surface area contributed by atoms with E-state index in [1.807, 2.05) is 30.3 Å². The number of nitrogens with zero attached hydrogens (tertiary/aromatic N) is 3. The lowest BCUT2D eigenvalue weighted by Crippen LogP contribution is -2.48. The number of para-hydroxylation sites is 1. The van der Waals surface area contributed by atoms with Crippen LogP contribution in [0.3, 0.4) is 0 Å². The van der Waals surface area contributed by atoms with Crippen molar-refractivity contribution in [1.29, 1.82) is 0 Å². The van der Waals surface area contributed by atoms with Crippen molar-refractivity contribution in [2.45, 2.75) is 19.8 Å². The molecular weight excluding hydrogens is 388 g/mol. The molecule has 0 aliphatic carbocycles. The van der Waals surface area contributed by atoms with Gasteiger partial charge in [-0.15, -0.1) is 0 Å². The summed E-state index contributed by atoms with van der Waals surface area (Å²) in [5.74, 6) is -0.251. The molecule has 2 amide bonds. The molecule has 0 bridgehead atoms. The molecule has 164 valence electrons. The predicted octanol–water partition coefficient (Wildman–Crippen LogP) is 2.54. The lowest BCUT2D eigenvalue weighted by atomic mass is 10.1. The van der Waals surface area contributed by atoms with Crippen molar-refractivity contribution in [2.24, 2.45) is 5.92 Å². The van der Waals surface area contributed by atoms with Crippen LogP contribution in [0.15, 0.2) is 54.6 Å². The molecule has 31 heavy (non-hydrogen) atoms. The van der Waals surface area contributed by atoms with Gasteiger partial charge in [-0.1, -0.05) is 37.3 Å². The second-order valence-electron chi connectivity index (χ2n) is 8.38. The van der Waals surface area contributed by atoms with Crippen LogP contribution in [0, 0.1) is 5.92 Å². The Kier molecular flexibility index (Phi) is 6.87. The van der Waals surface area contributed by atoms with E-state index in [0.29, 0.717) is 13.1 Å². The fraction of sp³-hybridized carbons (Fsp3) is 0.440. The molecule has 4 rings (SSSR count). The molecule has 1 unspecified atom stereocenters. The minimum atomic E-state index is -0.270. The zero-order valence-corrected chi connectivity index (χ0v) is 18.3. The number of amides is 2. The molecule has 1 N–H and O–H groups in total. The molecular formula is C25H32N4O2. The first-order chi connectivity index (χ1) is 15.1. The molecule has 2 aliphatic heterocycles. The van der Waals surface area contributed by atoms with Crippen LogP contribution < -0.4 is 15.1 Å². The summed E-state index contributed by atoms with van der Waals surface area (Å²) >= 11 is 0. The smallest absolute Gasteiger partial charge is 0.227 e. The number of carbonyl (C=O) groups is 2. The first kappa shape index (κ1) is 21.4. The number of nitrogens with one attached hydrogen (secondary N) is 1. The maximum absolute atomic E-state index is 12.6. The third kappa shape index (κ3) is 5.25. The molecule has 0 aromatic heterocycles. The monoisotopic (exact) mass is 420 g/mol. The van der Waals surface area contributed by atoms with Crippen molar-refractivity contribution < 1.29 is 9.59 Å². The van der Waals surface area contributed by atoms with Crippen molar-refractivity contribution in [2.75, 3.05) is 55.6 Å². The number of carbonyl (C=O) groups excluding carboxylic acids is 2. The summed E-state index contributed by atoms with van der Waals surface area (Å²) in [6.45, 7) is 8.03. The van der Waals surface area contributed by atoms with Crippen LogP contribution in [-0.4, -0.2) is 62.5 Å². The minimum absolute atomic E-state index is 0.0102. The van der Waals surface area contributed by atoms with Gasteiger partial charge >= 0.3 is 0 Å². The molecule has 2 fully saturated rings. The number of aryl methyl sites for hydroxylation is 1. The fourth-order valence-corrected chi connectivity index (χ4v) is 4.39. The van der Waals surface area contributed by atoms with Crippen molar-refractivity contribution in [3.63, 3.8) is 0 Å². The van der Waals surface area contributed by atoms with Crippen molar-refractivity contribution in [1.82, 2.24) is 10.2 Å². The van der Waals surface area contributed by atoms with Gasteiger partial charge in [0.05, 0.1) is 5.92 Å². The maximum atomic E-state index is 12.6. The second-order valence-corrected chi connectivity index (χ2v) is 8.38. The summed E-state index contributed by atoms with van der Waals surface area (Å²) in [5.41, 5.74) is 3.40. The SMILES string of the molecule is CCc1ccc(N2CC(C(=O)NCCN3CCN(c4ccccc4)CC3)CC2=O)cc1. The number of piperazine rings is 1. The van der Waals surface area contributed by atoms with Gasteiger partial charge in [-0.05, 0) is 36.2 Å². The van der Waals surface area contributed by atoms with Gasteiger partial charge in [-0.25, -0.2) is 0 Å². The molecule has 6 heteroatoms. The predicted molar refractivity (Wildman–Crippen MR) is 124 cm³/mol. The minimum Gasteiger partial charge on any atom is -0.369 e. The van der Waals surface area contributed by atoms with E-state index >= 15 is 0 Å². The van der Waals surface area contributed by atoms with Crippen LogP contribution in [0.25, 0.3) is 0 Å². The number of hydrogen-bond donors (Lipinski definition) is 1. The summed E-state index contributed by atoms with van der Waals surface area (Å²) in [4.78, 5) is 31.6. The molecule has 0 radical (unpaired) electrons. The van der Waals surface area contributed by atoms with Crippen LogP contribution in [0.1, 0.15) is 18.9 Å². The van der Waals surface area contributed by atoms with Gasteiger partial charge in [0.15, 0.2) is 0 Å². The molecule has 0 saturated carbocycles. The molecule has 1 atom stereocenters. The lowest BCUT2D eigenvalue weighted by Gasteiger charge is -2.36. The van der Waals surface area contributed by atoms with Gasteiger partial charge in [0.2, 0.25) is 11.8 Å². The highest BCUT2D eigenvalue weighted by Gasteiger charge is 2.35. The summed E-state index contributed by atoms with van der Waals surface area (Å²) in [5, 5.41) is 3.05. The molecule has 2 aliphatic rings. The zero-order valence-electron chi connectivity index (χ0n) is 18.3. The Balaban J connectivity index is 1.19. The summed E-state index contributed by atoms with van der Waals surface area (Å²) < 4.78 is 0. The highest BCUT2D eigenvalue weighted by Crippen LogP contribution is 2.25. The van der Waals surface area contributed by atoms with E-state index in [9.17, 15) is 9.59 Å². The number of rotatable bonds is 7. The summed E-state index contributed by atoms with van der Waals surface area (Å²) in [7, 11) is 0. The van der Waals surface area contributed by atoms with Crippen LogP contribution in [0.5, 0.6) is 0 Å². The van der Waals surface area contributed by atoms with Crippen LogP contribution in [0.2, 0.25) is 0 Å². The Morgan fingerprint density at radius 1 is 0.968 bits per heavy atom. The normalized spacial score (nSPS) is 19.6. The Bertz CT molecular complexity index is 876. The van der Waals surface area contributed by atoms with Gasteiger partial charge in [-0.2, -0.15) is 0 Å². The molecule has 2 heterocycles.